The number of aliphatic hydroxyl groups is 1. The molecule has 212 valence electrons. The van der Waals surface area contributed by atoms with Gasteiger partial charge in [-0.2, -0.15) is 4.98 Å². The van der Waals surface area contributed by atoms with Gasteiger partial charge in [-0.3, -0.25) is 9.69 Å². The summed E-state index contributed by atoms with van der Waals surface area (Å²) >= 11 is 3.57. The minimum absolute atomic E-state index is 0.0130. The predicted molar refractivity (Wildman–Crippen MR) is 165 cm³/mol. The van der Waals surface area contributed by atoms with Crippen LogP contribution in [0.1, 0.15) is 44.4 Å². The molecule has 0 atom stereocenters. The Morgan fingerprint density at radius 1 is 1.15 bits per heavy atom. The Kier molecular flexibility index (Phi) is 7.78. The van der Waals surface area contributed by atoms with E-state index in [9.17, 15) is 9.90 Å². The maximum Gasteiger partial charge on any atom is 0.234 e. The summed E-state index contributed by atoms with van der Waals surface area (Å²) < 4.78 is 0.759. The van der Waals surface area contributed by atoms with Crippen LogP contribution >= 0.6 is 15.9 Å². The summed E-state index contributed by atoms with van der Waals surface area (Å²) in [6.07, 6.45) is 1.74. The van der Waals surface area contributed by atoms with Gasteiger partial charge in [-0.25, -0.2) is 4.98 Å². The molecule has 1 amide bonds. The van der Waals surface area contributed by atoms with E-state index < -0.39 is 11.0 Å². The van der Waals surface area contributed by atoms with E-state index in [-0.39, 0.29) is 5.91 Å². The summed E-state index contributed by atoms with van der Waals surface area (Å²) in [6, 6.07) is 12.3. The zero-order valence-corrected chi connectivity index (χ0v) is 25.4. The van der Waals surface area contributed by atoms with Crippen molar-refractivity contribution in [1.29, 1.82) is 0 Å². The minimum Gasteiger partial charge on any atom is -0.389 e. The Balaban J connectivity index is 1.25. The van der Waals surface area contributed by atoms with Gasteiger partial charge in [0.15, 0.2) is 0 Å². The molecule has 4 N–H and O–H groups in total. The molecule has 0 radical (unpaired) electrons. The second-order valence-corrected chi connectivity index (χ2v) is 12.7. The molecular formula is C30H38BrN7O2. The van der Waals surface area contributed by atoms with Crippen molar-refractivity contribution >= 4 is 50.7 Å². The number of β-amino-alcohol motifs (C(OH)–C–C–N with tert-alkyl or cyclic N) is 1. The van der Waals surface area contributed by atoms with E-state index >= 15 is 0 Å². The van der Waals surface area contributed by atoms with Crippen molar-refractivity contribution in [2.24, 2.45) is 0 Å². The molecule has 9 nitrogen and oxygen atoms in total. The van der Waals surface area contributed by atoms with Gasteiger partial charge in [0.1, 0.15) is 5.82 Å². The van der Waals surface area contributed by atoms with Crippen molar-refractivity contribution in [1.82, 2.24) is 14.9 Å². The number of carbonyl (C=O) groups excluding carboxylic acids is 1. The number of nitrogens with one attached hydrogen (secondary N) is 3. The van der Waals surface area contributed by atoms with E-state index in [1.165, 1.54) is 5.69 Å². The van der Waals surface area contributed by atoms with Gasteiger partial charge < -0.3 is 26.0 Å². The molecule has 1 saturated heterocycles. The zero-order chi connectivity index (χ0) is 28.7. The van der Waals surface area contributed by atoms with Gasteiger partial charge in [-0.05, 0) is 91.5 Å². The topological polar surface area (TPSA) is 106 Å². The van der Waals surface area contributed by atoms with Gasteiger partial charge in [0.25, 0.3) is 0 Å². The third-order valence-electron chi connectivity index (χ3n) is 7.59. The van der Waals surface area contributed by atoms with Crippen molar-refractivity contribution in [3.63, 3.8) is 0 Å². The third-order valence-corrected chi connectivity index (χ3v) is 8.17. The van der Waals surface area contributed by atoms with E-state index in [2.05, 4.69) is 71.8 Å². The van der Waals surface area contributed by atoms with Crippen LogP contribution in [0.5, 0.6) is 0 Å². The first-order valence-electron chi connectivity index (χ1n) is 13.7. The SMILES string of the molecule is Cc1cc(N2CCN(CC(C)(C)O)CC2)ccc1Nc1ncc(Br)c(NCc2cccc3c2C(C)(C)C(=O)N3)n1. The van der Waals surface area contributed by atoms with Crippen molar-refractivity contribution in [2.75, 3.05) is 53.6 Å². The van der Waals surface area contributed by atoms with Crippen molar-refractivity contribution in [3.8, 4) is 0 Å². The second-order valence-electron chi connectivity index (χ2n) is 11.9. The summed E-state index contributed by atoms with van der Waals surface area (Å²) in [7, 11) is 0. The van der Waals surface area contributed by atoms with E-state index in [4.69, 9.17) is 4.98 Å². The molecule has 2 aliphatic rings. The molecule has 0 aliphatic carbocycles. The lowest BCUT2D eigenvalue weighted by Gasteiger charge is -2.38. The van der Waals surface area contributed by atoms with Crippen LogP contribution in [0.25, 0.3) is 0 Å². The lowest BCUT2D eigenvalue weighted by Crippen LogP contribution is -2.50. The highest BCUT2D eigenvalue weighted by atomic mass is 79.9. The molecule has 40 heavy (non-hydrogen) atoms. The van der Waals surface area contributed by atoms with Gasteiger partial charge in [-0.1, -0.05) is 12.1 Å². The van der Waals surface area contributed by atoms with E-state index in [1.54, 1.807) is 6.20 Å². The maximum absolute atomic E-state index is 12.5. The van der Waals surface area contributed by atoms with Crippen LogP contribution in [-0.4, -0.2) is 64.2 Å². The molecule has 2 aromatic carbocycles. The predicted octanol–water partition coefficient (Wildman–Crippen LogP) is 5.03. The number of piperazine rings is 1. The number of anilines is 5. The summed E-state index contributed by atoms with van der Waals surface area (Å²) in [6.45, 7) is 14.6. The lowest BCUT2D eigenvalue weighted by atomic mass is 9.83. The number of nitrogens with zero attached hydrogens (tertiary/aromatic N) is 4. The van der Waals surface area contributed by atoms with Crippen molar-refractivity contribution in [2.45, 2.75) is 52.2 Å². The fourth-order valence-electron chi connectivity index (χ4n) is 5.53. The monoisotopic (exact) mass is 607 g/mol. The Morgan fingerprint density at radius 2 is 1.90 bits per heavy atom. The van der Waals surface area contributed by atoms with E-state index in [0.717, 1.165) is 58.7 Å². The van der Waals surface area contributed by atoms with Crippen LogP contribution in [0.15, 0.2) is 47.1 Å². The van der Waals surface area contributed by atoms with Gasteiger partial charge in [0.2, 0.25) is 11.9 Å². The number of hydrogen-bond donors (Lipinski definition) is 4. The fourth-order valence-corrected chi connectivity index (χ4v) is 5.86. The highest BCUT2D eigenvalue weighted by molar-refractivity contribution is 9.10. The van der Waals surface area contributed by atoms with Crippen LogP contribution in [0.4, 0.5) is 28.8 Å². The number of carbonyl (C=O) groups is 1. The van der Waals surface area contributed by atoms with Crippen LogP contribution in [-0.2, 0) is 16.8 Å². The summed E-state index contributed by atoms with van der Waals surface area (Å²) in [5, 5.41) is 19.9. The normalized spacial score (nSPS) is 17.0. The number of benzene rings is 2. The van der Waals surface area contributed by atoms with Crippen LogP contribution < -0.4 is 20.9 Å². The highest BCUT2D eigenvalue weighted by Crippen LogP contribution is 2.40. The Morgan fingerprint density at radius 3 is 2.60 bits per heavy atom. The summed E-state index contributed by atoms with van der Waals surface area (Å²) in [4.78, 5) is 26.4. The van der Waals surface area contributed by atoms with Crippen LogP contribution in [0, 0.1) is 6.92 Å². The first kappa shape index (κ1) is 28.3. The molecule has 3 heterocycles. The third kappa shape index (κ3) is 6.09. The number of fused-ring (bicyclic) bond motifs is 1. The minimum atomic E-state index is -0.674. The molecule has 0 spiro atoms. The smallest absolute Gasteiger partial charge is 0.234 e. The molecule has 0 unspecified atom stereocenters. The number of rotatable bonds is 8. The quantitative estimate of drug-likeness (QED) is 0.283. The van der Waals surface area contributed by atoms with Gasteiger partial charge >= 0.3 is 0 Å². The van der Waals surface area contributed by atoms with E-state index in [1.807, 2.05) is 45.9 Å². The molecule has 2 aliphatic heterocycles. The standard InChI is InChI=1S/C30H38BrN7O2/c1-19-15-21(38-13-11-37(12-14-38)18-29(2,3)40)9-10-23(19)35-28-33-17-22(31)26(36-28)32-16-20-7-6-8-24-25(20)30(4,5)27(39)34-24/h6-10,15,17,40H,11-14,16,18H2,1-5H3,(H,34,39)(H2,32,33,35,36). The Hall–Kier alpha value is -3.21. The maximum atomic E-state index is 12.5. The van der Waals surface area contributed by atoms with Crippen molar-refractivity contribution < 1.29 is 9.90 Å². The molecule has 5 rings (SSSR count). The molecule has 10 heteroatoms. The molecule has 0 bridgehead atoms. The Bertz CT molecular complexity index is 1410. The Labute approximate surface area is 244 Å². The molecule has 3 aromatic rings. The van der Waals surface area contributed by atoms with Gasteiger partial charge in [-0.15, -0.1) is 0 Å². The zero-order valence-electron chi connectivity index (χ0n) is 23.8. The number of halogens is 1. The van der Waals surface area contributed by atoms with Crippen LogP contribution in [0.3, 0.4) is 0 Å². The number of aryl methyl sites for hydroxylation is 1. The largest absolute Gasteiger partial charge is 0.389 e. The fraction of sp³-hybridized carbons (Fsp3) is 0.433. The lowest BCUT2D eigenvalue weighted by molar-refractivity contribution is -0.119. The second kappa shape index (κ2) is 11.0. The first-order valence-corrected chi connectivity index (χ1v) is 14.5. The average Bonchev–Trinajstić information content (AvgIpc) is 3.13. The van der Waals surface area contributed by atoms with E-state index in [0.29, 0.717) is 24.9 Å². The van der Waals surface area contributed by atoms with Crippen LogP contribution in [0.2, 0.25) is 0 Å². The summed E-state index contributed by atoms with van der Waals surface area (Å²) in [5.74, 6) is 1.18. The van der Waals surface area contributed by atoms with Gasteiger partial charge in [0, 0.05) is 62.5 Å². The molecule has 1 fully saturated rings. The first-order chi connectivity index (χ1) is 18.9. The molecule has 0 saturated carbocycles. The molecular weight excluding hydrogens is 570 g/mol. The number of aromatic nitrogens is 2. The average molecular weight is 609 g/mol. The summed E-state index contributed by atoms with van der Waals surface area (Å²) in [5.41, 5.74) is 4.92. The van der Waals surface area contributed by atoms with Gasteiger partial charge in [0.05, 0.1) is 15.5 Å². The highest BCUT2D eigenvalue weighted by Gasteiger charge is 2.39. The number of hydrogen-bond acceptors (Lipinski definition) is 8. The number of amides is 1. The van der Waals surface area contributed by atoms with Crippen molar-refractivity contribution in [3.05, 3.63) is 63.8 Å². The molecule has 1 aromatic heterocycles.